The zero-order valence-corrected chi connectivity index (χ0v) is 24.5. The Balaban J connectivity index is 1.87. The molecule has 0 unspecified atom stereocenters. The summed E-state index contributed by atoms with van der Waals surface area (Å²) >= 11 is 0. The highest BCUT2D eigenvalue weighted by Gasteiger charge is 2.29. The Morgan fingerprint density at radius 3 is 2.53 bits per heavy atom. The molecule has 3 atom stereocenters. The van der Waals surface area contributed by atoms with Gasteiger partial charge >= 0.3 is 0 Å². The van der Waals surface area contributed by atoms with E-state index in [0.29, 0.717) is 17.3 Å². The molecular weight excluding hydrogens is 432 g/mol. The van der Waals surface area contributed by atoms with Crippen molar-refractivity contribution in [2.45, 2.75) is 112 Å². The predicted molar refractivity (Wildman–Crippen MR) is 160 cm³/mol. The molecule has 2 aliphatic carbocycles. The Bertz CT molecular complexity index is 1030. The van der Waals surface area contributed by atoms with Crippen LogP contribution in [0.15, 0.2) is 83.0 Å². The van der Waals surface area contributed by atoms with Crippen LogP contribution in [0, 0.1) is 17.3 Å². The van der Waals surface area contributed by atoms with Gasteiger partial charge in [-0.15, -0.1) is 0 Å². The Morgan fingerprint density at radius 2 is 1.86 bits per heavy atom. The maximum absolute atomic E-state index is 4.69. The Hall–Kier alpha value is -2.08. The number of hydrogen-bond acceptors (Lipinski definition) is 0. The first-order valence-corrected chi connectivity index (χ1v) is 14.6. The van der Waals surface area contributed by atoms with E-state index in [1.165, 1.54) is 71.9 Å². The molecule has 196 valence electrons. The lowest BCUT2D eigenvalue weighted by Gasteiger charge is -2.35. The molecule has 1 aromatic carbocycles. The summed E-state index contributed by atoms with van der Waals surface area (Å²) in [5, 5.41) is 0. The van der Waals surface area contributed by atoms with E-state index in [1.807, 2.05) is 0 Å². The summed E-state index contributed by atoms with van der Waals surface area (Å²) in [4.78, 5) is 0. The van der Waals surface area contributed by atoms with Crippen molar-refractivity contribution in [2.75, 3.05) is 0 Å². The Kier molecular flexibility index (Phi) is 9.85. The van der Waals surface area contributed by atoms with Crippen molar-refractivity contribution in [1.29, 1.82) is 0 Å². The molecule has 0 fully saturated rings. The first-order chi connectivity index (χ1) is 17.0. The predicted octanol–water partition coefficient (Wildman–Crippen LogP) is 11.1. The molecular formula is C36H52. The van der Waals surface area contributed by atoms with E-state index in [4.69, 9.17) is 6.58 Å². The van der Waals surface area contributed by atoms with Crippen molar-refractivity contribution in [3.63, 3.8) is 0 Å². The minimum atomic E-state index is 0.363. The number of aryl methyl sites for hydroxylation is 1. The molecule has 2 aliphatic rings. The van der Waals surface area contributed by atoms with E-state index >= 15 is 0 Å². The molecule has 0 amide bonds. The summed E-state index contributed by atoms with van der Waals surface area (Å²) < 4.78 is 0. The largest absolute Gasteiger partial charge is 0.0953 e. The molecule has 1 aromatic rings. The number of hydrogen-bond donors (Lipinski definition) is 0. The van der Waals surface area contributed by atoms with Crippen LogP contribution in [0.5, 0.6) is 0 Å². The third-order valence-electron chi connectivity index (χ3n) is 8.95. The number of rotatable bonds is 9. The fourth-order valence-electron chi connectivity index (χ4n) is 6.21. The van der Waals surface area contributed by atoms with E-state index in [9.17, 15) is 0 Å². The van der Waals surface area contributed by atoms with Gasteiger partial charge in [0.25, 0.3) is 0 Å². The van der Waals surface area contributed by atoms with Gasteiger partial charge in [0.05, 0.1) is 0 Å². The average Bonchev–Trinajstić information content (AvgIpc) is 2.84. The van der Waals surface area contributed by atoms with Crippen molar-refractivity contribution >= 4 is 0 Å². The quantitative estimate of drug-likeness (QED) is 0.327. The topological polar surface area (TPSA) is 0 Å². The standard InChI is InChI=1S/C36H52/c1-10-13-29-15-12-16-31(21-29)35(14-11-2)28(6)27(5)30-19-17-25(3)32(22-30)23-33-24-34(36(7,8)9)20-18-26(33)4/h12,15-16,21-23,28,34-35H,3,5,10-11,13-14,17-20,24H2,1-2,4,6-9H3/b32-23-/t28-,34-,35-/m0/s1. The molecule has 0 aliphatic heterocycles. The fraction of sp³-hybridized carbons (Fsp3) is 0.556. The van der Waals surface area contributed by atoms with Gasteiger partial charge in [-0.1, -0.05) is 110 Å². The van der Waals surface area contributed by atoms with Crippen molar-refractivity contribution in [3.05, 3.63) is 94.1 Å². The zero-order valence-electron chi connectivity index (χ0n) is 24.5. The molecule has 0 N–H and O–H groups in total. The first-order valence-electron chi connectivity index (χ1n) is 14.6. The molecule has 0 bridgehead atoms. The van der Waals surface area contributed by atoms with E-state index in [0.717, 1.165) is 25.2 Å². The van der Waals surface area contributed by atoms with Gasteiger partial charge < -0.3 is 0 Å². The van der Waals surface area contributed by atoms with Crippen LogP contribution in [0.2, 0.25) is 0 Å². The highest BCUT2D eigenvalue weighted by atomic mass is 14.3. The van der Waals surface area contributed by atoms with Crippen molar-refractivity contribution < 1.29 is 0 Å². The zero-order chi connectivity index (χ0) is 26.5. The van der Waals surface area contributed by atoms with Gasteiger partial charge in [-0.3, -0.25) is 0 Å². The molecule has 0 radical (unpaired) electrons. The second kappa shape index (κ2) is 12.4. The molecule has 0 heterocycles. The average molecular weight is 485 g/mol. The van der Waals surface area contributed by atoms with Crippen molar-refractivity contribution in [3.8, 4) is 0 Å². The molecule has 3 rings (SSSR count). The van der Waals surface area contributed by atoms with Crippen LogP contribution in [0.1, 0.15) is 117 Å². The summed E-state index contributed by atoms with van der Waals surface area (Å²) in [5.74, 6) is 1.71. The van der Waals surface area contributed by atoms with Gasteiger partial charge in [-0.25, -0.2) is 0 Å². The monoisotopic (exact) mass is 484 g/mol. The molecule has 0 spiro atoms. The van der Waals surface area contributed by atoms with E-state index < -0.39 is 0 Å². The third-order valence-corrected chi connectivity index (χ3v) is 8.95. The first kappa shape index (κ1) is 28.5. The molecule has 0 aromatic heterocycles. The van der Waals surface area contributed by atoms with Gasteiger partial charge in [0.2, 0.25) is 0 Å². The highest BCUT2D eigenvalue weighted by molar-refractivity contribution is 5.52. The lowest BCUT2D eigenvalue weighted by molar-refractivity contribution is 0.217. The van der Waals surface area contributed by atoms with Crippen LogP contribution >= 0.6 is 0 Å². The number of benzene rings is 1. The van der Waals surface area contributed by atoms with E-state index in [-0.39, 0.29) is 0 Å². The van der Waals surface area contributed by atoms with Crippen LogP contribution in [0.3, 0.4) is 0 Å². The molecule has 0 saturated carbocycles. The smallest absolute Gasteiger partial charge is 0.00959 e. The Labute approximate surface area is 223 Å². The highest BCUT2D eigenvalue weighted by Crippen LogP contribution is 2.43. The minimum Gasteiger partial charge on any atom is -0.0953 e. The summed E-state index contributed by atoms with van der Waals surface area (Å²) in [7, 11) is 0. The van der Waals surface area contributed by atoms with Crippen LogP contribution in [0.4, 0.5) is 0 Å². The van der Waals surface area contributed by atoms with E-state index in [1.54, 1.807) is 11.1 Å². The van der Waals surface area contributed by atoms with Crippen molar-refractivity contribution in [2.24, 2.45) is 17.3 Å². The lowest BCUT2D eigenvalue weighted by atomic mass is 9.70. The fourth-order valence-corrected chi connectivity index (χ4v) is 6.21. The third kappa shape index (κ3) is 7.02. The maximum atomic E-state index is 4.69. The minimum absolute atomic E-state index is 0.363. The van der Waals surface area contributed by atoms with E-state index in [2.05, 4.69) is 91.5 Å². The summed E-state index contributed by atoms with van der Waals surface area (Å²) in [6, 6.07) is 9.35. The van der Waals surface area contributed by atoms with Crippen LogP contribution in [-0.4, -0.2) is 0 Å². The normalized spacial score (nSPS) is 22.0. The summed E-state index contributed by atoms with van der Waals surface area (Å²) in [5.41, 5.74) is 11.8. The Morgan fingerprint density at radius 1 is 1.11 bits per heavy atom. The van der Waals surface area contributed by atoms with Crippen LogP contribution < -0.4 is 0 Å². The second-order valence-corrected chi connectivity index (χ2v) is 12.7. The maximum Gasteiger partial charge on any atom is -0.00959 e. The van der Waals surface area contributed by atoms with Crippen molar-refractivity contribution in [1.82, 2.24) is 0 Å². The van der Waals surface area contributed by atoms with Crippen LogP contribution in [-0.2, 0) is 6.42 Å². The molecule has 0 nitrogen and oxygen atoms in total. The van der Waals surface area contributed by atoms with Crippen LogP contribution in [0.25, 0.3) is 0 Å². The van der Waals surface area contributed by atoms with Gasteiger partial charge in [-0.2, -0.15) is 0 Å². The summed E-state index contributed by atoms with van der Waals surface area (Å²) in [6.07, 6.45) is 15.5. The SMILES string of the molecule is C=C1CCC(C(=C)[C@H](C)[C@H](CCC)c2cccc(CCC)c2)=C/C1=C/C1=C(C)CC[C@H](C(C)(C)C)C1. The lowest BCUT2D eigenvalue weighted by Crippen LogP contribution is -2.23. The van der Waals surface area contributed by atoms with Gasteiger partial charge in [-0.05, 0) is 114 Å². The second-order valence-electron chi connectivity index (χ2n) is 12.7. The molecule has 36 heavy (non-hydrogen) atoms. The van der Waals surface area contributed by atoms with Gasteiger partial charge in [0, 0.05) is 0 Å². The van der Waals surface area contributed by atoms with Gasteiger partial charge in [0.15, 0.2) is 0 Å². The molecule has 0 saturated heterocycles. The van der Waals surface area contributed by atoms with Gasteiger partial charge in [0.1, 0.15) is 0 Å². The molecule has 0 heteroatoms. The summed E-state index contributed by atoms with van der Waals surface area (Å²) in [6.45, 7) is 25.7. The number of allylic oxidation sites excluding steroid dienone is 8.